The molecule has 8 heteroatoms. The number of likely N-dealkylation sites (N-methyl/N-ethyl adjacent to an activating group) is 1. The van der Waals surface area contributed by atoms with Gasteiger partial charge in [0, 0.05) is 64.3 Å². The normalized spacial score (nSPS) is 22.0. The smallest absolute Gasteiger partial charge is 0.223 e. The Morgan fingerprint density at radius 1 is 1.08 bits per heavy atom. The fourth-order valence-corrected chi connectivity index (χ4v) is 3.91. The fraction of sp³-hybridized carbons (Fsp3) is 0.611. The van der Waals surface area contributed by atoms with E-state index in [1.54, 1.807) is 0 Å². The van der Waals surface area contributed by atoms with Crippen molar-refractivity contribution in [2.75, 3.05) is 61.8 Å². The van der Waals surface area contributed by atoms with E-state index in [9.17, 15) is 0 Å². The minimum Gasteiger partial charge on any atom is -0.368 e. The highest BCUT2D eigenvalue weighted by Gasteiger charge is 2.23. The van der Waals surface area contributed by atoms with E-state index in [1.165, 1.54) is 12.8 Å². The molecule has 2 aromatic heterocycles. The molecule has 8 nitrogen and oxygen atoms in total. The lowest BCUT2D eigenvalue weighted by Crippen LogP contribution is -2.45. The molecule has 4 rings (SSSR count). The molecular formula is C18H28N8. The van der Waals surface area contributed by atoms with Gasteiger partial charge in [-0.1, -0.05) is 0 Å². The Kier molecular flexibility index (Phi) is 4.92. The molecular weight excluding hydrogens is 328 g/mol. The van der Waals surface area contributed by atoms with Crippen LogP contribution >= 0.6 is 0 Å². The van der Waals surface area contributed by atoms with Gasteiger partial charge >= 0.3 is 0 Å². The van der Waals surface area contributed by atoms with Gasteiger partial charge in [-0.25, -0.2) is 4.98 Å². The second-order valence-corrected chi connectivity index (χ2v) is 7.45. The standard InChI is InChI=1S/C18H28N8/c1-23-7-9-25(10-8-23)16-11-17(22-18(19)21-16)26-5-2-3-15(13-26)12-24-6-4-20-14-24/h4,6,11,14-15H,2-3,5,7-10,12-13H2,1H3,(H2,19,21,22). The first-order chi connectivity index (χ1) is 12.7. The van der Waals surface area contributed by atoms with Crippen molar-refractivity contribution in [3.05, 3.63) is 24.8 Å². The number of rotatable bonds is 4. The summed E-state index contributed by atoms with van der Waals surface area (Å²) in [5, 5.41) is 0. The van der Waals surface area contributed by atoms with Crippen LogP contribution in [-0.4, -0.2) is 70.7 Å². The van der Waals surface area contributed by atoms with Gasteiger partial charge in [-0.05, 0) is 25.8 Å². The van der Waals surface area contributed by atoms with Crippen molar-refractivity contribution in [3.8, 4) is 0 Å². The molecule has 2 aliphatic heterocycles. The van der Waals surface area contributed by atoms with E-state index in [2.05, 4.69) is 47.3 Å². The second kappa shape index (κ2) is 7.49. The SMILES string of the molecule is CN1CCN(c2cc(N3CCCC(Cn4ccnc4)C3)nc(N)n2)CC1. The van der Waals surface area contributed by atoms with Gasteiger partial charge in [-0.2, -0.15) is 9.97 Å². The monoisotopic (exact) mass is 356 g/mol. The Morgan fingerprint density at radius 3 is 2.58 bits per heavy atom. The van der Waals surface area contributed by atoms with Crippen LogP contribution in [0.25, 0.3) is 0 Å². The van der Waals surface area contributed by atoms with Crippen molar-refractivity contribution in [1.82, 2.24) is 24.4 Å². The van der Waals surface area contributed by atoms with Crippen LogP contribution < -0.4 is 15.5 Å². The Morgan fingerprint density at radius 2 is 1.85 bits per heavy atom. The summed E-state index contributed by atoms with van der Waals surface area (Å²) in [6, 6.07) is 2.11. The van der Waals surface area contributed by atoms with Crippen molar-refractivity contribution >= 4 is 17.6 Å². The minimum atomic E-state index is 0.369. The fourth-order valence-electron chi connectivity index (χ4n) is 3.91. The van der Waals surface area contributed by atoms with Gasteiger partial charge < -0.3 is 25.0 Å². The molecule has 2 N–H and O–H groups in total. The van der Waals surface area contributed by atoms with E-state index < -0.39 is 0 Å². The van der Waals surface area contributed by atoms with Gasteiger partial charge in [0.05, 0.1) is 6.33 Å². The summed E-state index contributed by atoms with van der Waals surface area (Å²) < 4.78 is 2.16. The zero-order chi connectivity index (χ0) is 17.9. The first-order valence-corrected chi connectivity index (χ1v) is 9.46. The predicted molar refractivity (Wildman–Crippen MR) is 103 cm³/mol. The molecule has 26 heavy (non-hydrogen) atoms. The number of piperidine rings is 1. The number of nitrogens with two attached hydrogens (primary N) is 1. The summed E-state index contributed by atoms with van der Waals surface area (Å²) in [6.45, 7) is 7.09. The molecule has 0 aliphatic carbocycles. The van der Waals surface area contributed by atoms with E-state index in [4.69, 9.17) is 5.73 Å². The van der Waals surface area contributed by atoms with Gasteiger partial charge in [0.2, 0.25) is 5.95 Å². The molecule has 0 spiro atoms. The van der Waals surface area contributed by atoms with Crippen LogP contribution in [0.4, 0.5) is 17.6 Å². The zero-order valence-corrected chi connectivity index (χ0v) is 15.5. The summed E-state index contributed by atoms with van der Waals surface area (Å²) in [6.07, 6.45) is 8.18. The average molecular weight is 356 g/mol. The molecule has 0 amide bonds. The topological polar surface area (TPSA) is 79.3 Å². The Balaban J connectivity index is 1.47. The van der Waals surface area contributed by atoms with Gasteiger partial charge in [-0.3, -0.25) is 0 Å². The van der Waals surface area contributed by atoms with Crippen LogP contribution in [0.15, 0.2) is 24.8 Å². The first-order valence-electron chi connectivity index (χ1n) is 9.46. The number of nitrogen functional groups attached to an aromatic ring is 1. The van der Waals surface area contributed by atoms with Crippen LogP contribution in [-0.2, 0) is 6.54 Å². The lowest BCUT2D eigenvalue weighted by molar-refractivity contribution is 0.312. The number of piperazine rings is 1. The summed E-state index contributed by atoms with van der Waals surface area (Å²) in [5.74, 6) is 2.88. The van der Waals surface area contributed by atoms with E-state index >= 15 is 0 Å². The quantitative estimate of drug-likeness (QED) is 0.873. The van der Waals surface area contributed by atoms with Crippen LogP contribution in [0, 0.1) is 5.92 Å². The third-order valence-electron chi connectivity index (χ3n) is 5.41. The summed E-state index contributed by atoms with van der Waals surface area (Å²) >= 11 is 0. The number of nitrogens with zero attached hydrogens (tertiary/aromatic N) is 7. The van der Waals surface area contributed by atoms with Gasteiger partial charge in [-0.15, -0.1) is 0 Å². The molecule has 1 unspecified atom stereocenters. The number of anilines is 3. The van der Waals surface area contributed by atoms with Crippen molar-refractivity contribution in [2.24, 2.45) is 5.92 Å². The highest BCUT2D eigenvalue weighted by Crippen LogP contribution is 2.26. The van der Waals surface area contributed by atoms with Crippen molar-refractivity contribution < 1.29 is 0 Å². The molecule has 1 atom stereocenters. The molecule has 0 radical (unpaired) electrons. The summed E-state index contributed by atoms with van der Waals surface area (Å²) in [5.41, 5.74) is 6.05. The number of aromatic nitrogens is 4. The largest absolute Gasteiger partial charge is 0.368 e. The van der Waals surface area contributed by atoms with Crippen LogP contribution in [0.2, 0.25) is 0 Å². The molecule has 4 heterocycles. The van der Waals surface area contributed by atoms with E-state index in [-0.39, 0.29) is 0 Å². The second-order valence-electron chi connectivity index (χ2n) is 7.45. The number of imidazole rings is 1. The molecule has 2 fully saturated rings. The van der Waals surface area contributed by atoms with Crippen molar-refractivity contribution in [2.45, 2.75) is 19.4 Å². The Hall–Kier alpha value is -2.35. The predicted octanol–water partition coefficient (Wildman–Crippen LogP) is 0.924. The average Bonchev–Trinajstić information content (AvgIpc) is 3.15. The van der Waals surface area contributed by atoms with E-state index in [1.807, 2.05) is 18.7 Å². The van der Waals surface area contributed by atoms with Gasteiger partial charge in [0.15, 0.2) is 0 Å². The lowest BCUT2D eigenvalue weighted by atomic mass is 9.98. The third-order valence-corrected chi connectivity index (χ3v) is 5.41. The van der Waals surface area contributed by atoms with Gasteiger partial charge in [0.25, 0.3) is 0 Å². The highest BCUT2D eigenvalue weighted by atomic mass is 15.3. The zero-order valence-electron chi connectivity index (χ0n) is 15.5. The minimum absolute atomic E-state index is 0.369. The summed E-state index contributed by atoms with van der Waals surface area (Å²) in [7, 11) is 2.16. The Labute approximate surface area is 154 Å². The van der Waals surface area contributed by atoms with Crippen LogP contribution in [0.3, 0.4) is 0 Å². The van der Waals surface area contributed by atoms with Crippen LogP contribution in [0.1, 0.15) is 12.8 Å². The lowest BCUT2D eigenvalue weighted by Gasteiger charge is -2.36. The Bertz CT molecular complexity index is 708. The molecule has 2 saturated heterocycles. The molecule has 0 bridgehead atoms. The third kappa shape index (κ3) is 3.90. The maximum Gasteiger partial charge on any atom is 0.223 e. The first kappa shape index (κ1) is 17.1. The molecule has 2 aliphatic rings. The number of hydrogen-bond acceptors (Lipinski definition) is 7. The molecule has 2 aromatic rings. The van der Waals surface area contributed by atoms with E-state index in [0.717, 1.165) is 57.4 Å². The van der Waals surface area contributed by atoms with Crippen LogP contribution in [0.5, 0.6) is 0 Å². The van der Waals surface area contributed by atoms with Crippen molar-refractivity contribution in [1.29, 1.82) is 0 Å². The van der Waals surface area contributed by atoms with Crippen molar-refractivity contribution in [3.63, 3.8) is 0 Å². The number of hydrogen-bond donors (Lipinski definition) is 1. The maximum absolute atomic E-state index is 6.05. The summed E-state index contributed by atoms with van der Waals surface area (Å²) in [4.78, 5) is 20.2. The van der Waals surface area contributed by atoms with Gasteiger partial charge in [0.1, 0.15) is 11.6 Å². The molecule has 0 aromatic carbocycles. The highest BCUT2D eigenvalue weighted by molar-refractivity contribution is 5.54. The maximum atomic E-state index is 6.05. The molecule has 0 saturated carbocycles. The molecule has 140 valence electrons. The van der Waals surface area contributed by atoms with E-state index in [0.29, 0.717) is 11.9 Å².